The summed E-state index contributed by atoms with van der Waals surface area (Å²) in [5.41, 5.74) is 7.26. The molecule has 2 aromatic carbocycles. The lowest BCUT2D eigenvalue weighted by Crippen LogP contribution is -2.28. The number of rotatable bonds is 5. The SMILES string of the molecule is Cc1cc(C)c(CNC(=O)c2cc(-c3nc4ccccc4[nH]3)cc3c2c(C)cn3C(C)C)c(=O)[nH]1. The third kappa shape index (κ3) is 4.03. The maximum absolute atomic E-state index is 13.5. The van der Waals surface area contributed by atoms with Crippen LogP contribution < -0.4 is 10.9 Å². The number of carbonyl (C=O) groups is 1. The van der Waals surface area contributed by atoms with E-state index < -0.39 is 0 Å². The highest BCUT2D eigenvalue weighted by Crippen LogP contribution is 2.32. The van der Waals surface area contributed by atoms with E-state index in [-0.39, 0.29) is 24.1 Å². The van der Waals surface area contributed by atoms with Crippen molar-refractivity contribution in [1.82, 2.24) is 24.8 Å². The first-order chi connectivity index (χ1) is 16.7. The number of benzene rings is 2. The van der Waals surface area contributed by atoms with Crippen molar-refractivity contribution in [2.24, 2.45) is 0 Å². The zero-order valence-electron chi connectivity index (χ0n) is 20.6. The molecule has 3 heterocycles. The lowest BCUT2D eigenvalue weighted by molar-refractivity contribution is 0.0952. The number of hydrogen-bond donors (Lipinski definition) is 3. The van der Waals surface area contributed by atoms with Gasteiger partial charge < -0.3 is 19.9 Å². The molecule has 5 rings (SSSR count). The van der Waals surface area contributed by atoms with E-state index in [9.17, 15) is 9.59 Å². The van der Waals surface area contributed by atoms with Crippen molar-refractivity contribution in [1.29, 1.82) is 0 Å². The van der Waals surface area contributed by atoms with E-state index in [4.69, 9.17) is 4.98 Å². The Bertz CT molecular complexity index is 1620. The van der Waals surface area contributed by atoms with Crippen LogP contribution in [0.5, 0.6) is 0 Å². The molecular weight excluding hydrogens is 438 g/mol. The molecule has 7 heteroatoms. The Labute approximate surface area is 203 Å². The van der Waals surface area contributed by atoms with E-state index in [1.807, 2.05) is 57.2 Å². The van der Waals surface area contributed by atoms with E-state index in [0.29, 0.717) is 17.0 Å². The molecule has 0 saturated carbocycles. The predicted molar refractivity (Wildman–Crippen MR) is 140 cm³/mol. The first kappa shape index (κ1) is 22.7. The van der Waals surface area contributed by atoms with Crippen molar-refractivity contribution >= 4 is 27.8 Å². The molecule has 3 N–H and O–H groups in total. The quantitative estimate of drug-likeness (QED) is 0.327. The van der Waals surface area contributed by atoms with Crippen LogP contribution in [-0.2, 0) is 6.54 Å². The predicted octanol–water partition coefficient (Wildman–Crippen LogP) is 5.31. The second-order valence-electron chi connectivity index (χ2n) is 9.46. The molecular formula is C28H29N5O2. The number of hydrogen-bond acceptors (Lipinski definition) is 3. The van der Waals surface area contributed by atoms with Crippen LogP contribution >= 0.6 is 0 Å². The van der Waals surface area contributed by atoms with Gasteiger partial charge in [-0.25, -0.2) is 4.98 Å². The molecule has 5 aromatic rings. The number of fused-ring (bicyclic) bond motifs is 2. The third-order valence-corrected chi connectivity index (χ3v) is 6.51. The summed E-state index contributed by atoms with van der Waals surface area (Å²) in [5, 5.41) is 3.89. The van der Waals surface area contributed by atoms with Crippen LogP contribution in [0.1, 0.15) is 52.6 Å². The van der Waals surface area contributed by atoms with Gasteiger partial charge in [0.25, 0.3) is 11.5 Å². The molecule has 0 unspecified atom stereocenters. The molecule has 1 amide bonds. The molecule has 0 aliphatic rings. The fraction of sp³-hybridized carbons (Fsp3) is 0.250. The van der Waals surface area contributed by atoms with Crippen LogP contribution in [0.3, 0.4) is 0 Å². The second-order valence-corrected chi connectivity index (χ2v) is 9.46. The minimum absolute atomic E-state index is 0.153. The van der Waals surface area contributed by atoms with Gasteiger partial charge in [-0.15, -0.1) is 0 Å². The lowest BCUT2D eigenvalue weighted by atomic mass is 10.0. The highest BCUT2D eigenvalue weighted by atomic mass is 16.1. The Hall–Kier alpha value is -4.13. The largest absolute Gasteiger partial charge is 0.348 e. The number of aryl methyl sites for hydroxylation is 3. The first-order valence-electron chi connectivity index (χ1n) is 11.8. The Balaban J connectivity index is 1.62. The standard InChI is InChI=1S/C28H29N5O2/c1-15(2)33-14-17(4)25-20(27(34)29-13-21-16(3)10-18(5)30-28(21)35)11-19(12-24(25)33)26-31-22-8-6-7-9-23(22)32-26/h6-12,14-15H,13H2,1-5H3,(H,29,34)(H,30,35)(H,31,32). The molecule has 0 atom stereocenters. The minimum atomic E-state index is -0.225. The summed E-state index contributed by atoms with van der Waals surface area (Å²) in [7, 11) is 0. The van der Waals surface area contributed by atoms with Crippen molar-refractivity contribution in [3.63, 3.8) is 0 Å². The van der Waals surface area contributed by atoms with E-state index in [1.54, 1.807) is 0 Å². The smallest absolute Gasteiger partial charge is 0.253 e. The summed E-state index contributed by atoms with van der Waals surface area (Å²) >= 11 is 0. The Kier molecular flexibility index (Phi) is 5.55. The number of nitrogens with one attached hydrogen (secondary N) is 3. The van der Waals surface area contributed by atoms with Gasteiger partial charge in [-0.1, -0.05) is 12.1 Å². The van der Waals surface area contributed by atoms with Crippen molar-refractivity contribution < 1.29 is 4.79 Å². The van der Waals surface area contributed by atoms with Crippen LogP contribution in [-0.4, -0.2) is 25.4 Å². The van der Waals surface area contributed by atoms with E-state index in [1.165, 1.54) is 0 Å². The van der Waals surface area contributed by atoms with Gasteiger partial charge in [-0.05, 0) is 76.1 Å². The highest BCUT2D eigenvalue weighted by Gasteiger charge is 2.20. The van der Waals surface area contributed by atoms with Gasteiger partial charge in [-0.2, -0.15) is 0 Å². The highest BCUT2D eigenvalue weighted by molar-refractivity contribution is 6.09. The van der Waals surface area contributed by atoms with Crippen LogP contribution in [0.2, 0.25) is 0 Å². The normalized spacial score (nSPS) is 11.6. The number of aromatic nitrogens is 4. The number of H-pyrrole nitrogens is 2. The molecule has 0 bridgehead atoms. The summed E-state index contributed by atoms with van der Waals surface area (Å²) in [6.45, 7) is 10.2. The summed E-state index contributed by atoms with van der Waals surface area (Å²) in [5.74, 6) is 0.485. The molecule has 0 radical (unpaired) electrons. The average molecular weight is 468 g/mol. The number of imidazole rings is 1. The molecule has 7 nitrogen and oxygen atoms in total. The number of aromatic amines is 2. The Morgan fingerprint density at radius 3 is 2.54 bits per heavy atom. The number of carbonyl (C=O) groups excluding carboxylic acids is 1. The average Bonchev–Trinajstić information content (AvgIpc) is 3.39. The van der Waals surface area contributed by atoms with Crippen molar-refractivity contribution in [2.45, 2.75) is 47.2 Å². The van der Waals surface area contributed by atoms with E-state index in [2.05, 4.69) is 46.0 Å². The Morgan fingerprint density at radius 1 is 1.06 bits per heavy atom. The van der Waals surface area contributed by atoms with Crippen molar-refractivity contribution in [3.8, 4) is 11.4 Å². The monoisotopic (exact) mass is 467 g/mol. The summed E-state index contributed by atoms with van der Waals surface area (Å²) in [4.78, 5) is 37.0. The zero-order valence-corrected chi connectivity index (χ0v) is 20.6. The molecule has 178 valence electrons. The van der Waals surface area contributed by atoms with Gasteiger partial charge in [0, 0.05) is 46.6 Å². The second kappa shape index (κ2) is 8.58. The minimum Gasteiger partial charge on any atom is -0.348 e. The van der Waals surface area contributed by atoms with Gasteiger partial charge >= 0.3 is 0 Å². The van der Waals surface area contributed by atoms with Gasteiger partial charge in [0.05, 0.1) is 16.6 Å². The van der Waals surface area contributed by atoms with E-state index in [0.717, 1.165) is 44.3 Å². The fourth-order valence-corrected chi connectivity index (χ4v) is 4.79. The van der Waals surface area contributed by atoms with Crippen molar-refractivity contribution in [3.05, 3.63) is 87.0 Å². The van der Waals surface area contributed by atoms with Crippen LogP contribution in [0.25, 0.3) is 33.3 Å². The molecule has 0 aliphatic heterocycles. The third-order valence-electron chi connectivity index (χ3n) is 6.51. The molecule has 0 aliphatic carbocycles. The topological polar surface area (TPSA) is 95.6 Å². The number of nitrogens with zero attached hydrogens (tertiary/aromatic N) is 2. The summed E-state index contributed by atoms with van der Waals surface area (Å²) in [6.07, 6.45) is 2.09. The fourth-order valence-electron chi connectivity index (χ4n) is 4.79. The summed E-state index contributed by atoms with van der Waals surface area (Å²) < 4.78 is 2.18. The summed E-state index contributed by atoms with van der Waals surface area (Å²) in [6, 6.07) is 14.0. The molecule has 0 saturated heterocycles. The molecule has 0 fully saturated rings. The van der Waals surface area contributed by atoms with Gasteiger partial charge in [0.15, 0.2) is 0 Å². The van der Waals surface area contributed by atoms with Crippen LogP contribution in [0, 0.1) is 20.8 Å². The maximum Gasteiger partial charge on any atom is 0.253 e. The molecule has 0 spiro atoms. The zero-order chi connectivity index (χ0) is 24.9. The first-order valence-corrected chi connectivity index (χ1v) is 11.8. The maximum atomic E-state index is 13.5. The number of para-hydroxylation sites is 2. The van der Waals surface area contributed by atoms with E-state index >= 15 is 0 Å². The van der Waals surface area contributed by atoms with Gasteiger partial charge in [0.1, 0.15) is 5.82 Å². The van der Waals surface area contributed by atoms with Crippen molar-refractivity contribution in [2.75, 3.05) is 0 Å². The van der Waals surface area contributed by atoms with Crippen LogP contribution in [0.15, 0.2) is 53.5 Å². The molecule has 35 heavy (non-hydrogen) atoms. The van der Waals surface area contributed by atoms with Gasteiger partial charge in [-0.3, -0.25) is 9.59 Å². The number of pyridine rings is 1. The molecule has 3 aromatic heterocycles. The lowest BCUT2D eigenvalue weighted by Gasteiger charge is -2.13. The van der Waals surface area contributed by atoms with Crippen LogP contribution in [0.4, 0.5) is 0 Å². The number of amides is 1. The van der Waals surface area contributed by atoms with Gasteiger partial charge in [0.2, 0.25) is 0 Å². The Morgan fingerprint density at radius 2 is 1.83 bits per heavy atom.